The molecule has 0 aliphatic heterocycles. The number of hydrogen-bond donors (Lipinski definition) is 1. The van der Waals surface area contributed by atoms with Crippen LogP contribution < -0.4 is 5.73 Å². The summed E-state index contributed by atoms with van der Waals surface area (Å²) in [6.07, 6.45) is 0. The maximum atomic E-state index is 11.6. The zero-order valence-electron chi connectivity index (χ0n) is 9.50. The summed E-state index contributed by atoms with van der Waals surface area (Å²) in [5.74, 6) is -0.501. The Hall–Kier alpha value is -2.15. The number of nitrogen functional groups attached to an aromatic ring is 1. The zero-order valence-corrected chi connectivity index (χ0v) is 10.3. The van der Waals surface area contributed by atoms with Crippen molar-refractivity contribution in [1.29, 1.82) is 0 Å². The Morgan fingerprint density at radius 1 is 1.56 bits per heavy atom. The van der Waals surface area contributed by atoms with E-state index in [-0.39, 0.29) is 17.2 Å². The molecule has 0 unspecified atom stereocenters. The number of thiophene rings is 1. The van der Waals surface area contributed by atoms with Gasteiger partial charge in [-0.05, 0) is 13.0 Å². The molecule has 0 fully saturated rings. The smallest absolute Gasteiger partial charge is 0.350 e. The molecule has 0 amide bonds. The van der Waals surface area contributed by atoms with Crippen molar-refractivity contribution in [2.75, 3.05) is 12.3 Å². The molecule has 7 heteroatoms. The molecule has 0 saturated carbocycles. The first-order valence-corrected chi connectivity index (χ1v) is 5.99. The van der Waals surface area contributed by atoms with Gasteiger partial charge in [0, 0.05) is 22.2 Å². The van der Waals surface area contributed by atoms with Crippen LogP contribution in [0, 0.1) is 10.1 Å². The van der Waals surface area contributed by atoms with Gasteiger partial charge >= 0.3 is 5.97 Å². The molecule has 0 spiro atoms. The van der Waals surface area contributed by atoms with Gasteiger partial charge in [0.2, 0.25) is 0 Å². The number of ether oxygens (including phenoxy) is 1. The second kappa shape index (κ2) is 4.61. The third-order valence-electron chi connectivity index (χ3n) is 2.38. The zero-order chi connectivity index (χ0) is 13.3. The molecule has 0 aliphatic rings. The number of esters is 1. The summed E-state index contributed by atoms with van der Waals surface area (Å²) in [6.45, 7) is 1.96. The number of nitro groups is 1. The van der Waals surface area contributed by atoms with Crippen molar-refractivity contribution >= 4 is 38.8 Å². The fourth-order valence-electron chi connectivity index (χ4n) is 1.57. The van der Waals surface area contributed by atoms with E-state index in [1.165, 1.54) is 12.1 Å². The number of carbonyl (C=O) groups is 1. The van der Waals surface area contributed by atoms with Crippen LogP contribution in [-0.2, 0) is 4.74 Å². The lowest BCUT2D eigenvalue weighted by Gasteiger charge is -1.98. The Balaban J connectivity index is 2.55. The number of fused-ring (bicyclic) bond motifs is 1. The van der Waals surface area contributed by atoms with E-state index in [1.807, 2.05) is 0 Å². The van der Waals surface area contributed by atoms with Gasteiger partial charge in [0.25, 0.3) is 5.69 Å². The van der Waals surface area contributed by atoms with Gasteiger partial charge in [0.1, 0.15) is 4.88 Å². The second-order valence-electron chi connectivity index (χ2n) is 3.50. The summed E-state index contributed by atoms with van der Waals surface area (Å²) in [4.78, 5) is 22.1. The Morgan fingerprint density at radius 3 is 2.89 bits per heavy atom. The van der Waals surface area contributed by atoms with E-state index in [9.17, 15) is 14.9 Å². The van der Waals surface area contributed by atoms with Gasteiger partial charge in [0.05, 0.1) is 17.2 Å². The predicted molar refractivity (Wildman–Crippen MR) is 68.8 cm³/mol. The maximum Gasteiger partial charge on any atom is 0.350 e. The van der Waals surface area contributed by atoms with Crippen LogP contribution >= 0.6 is 11.3 Å². The Morgan fingerprint density at radius 2 is 2.28 bits per heavy atom. The van der Waals surface area contributed by atoms with Gasteiger partial charge in [-0.3, -0.25) is 10.1 Å². The van der Waals surface area contributed by atoms with Crippen LogP contribution in [0.15, 0.2) is 18.2 Å². The first kappa shape index (κ1) is 12.3. The van der Waals surface area contributed by atoms with E-state index in [1.54, 1.807) is 13.0 Å². The van der Waals surface area contributed by atoms with Gasteiger partial charge in [0.15, 0.2) is 0 Å². The summed E-state index contributed by atoms with van der Waals surface area (Å²) in [6, 6.07) is 4.31. The average molecular weight is 266 g/mol. The fourth-order valence-corrected chi connectivity index (χ4v) is 2.62. The van der Waals surface area contributed by atoms with Crippen molar-refractivity contribution in [1.82, 2.24) is 0 Å². The van der Waals surface area contributed by atoms with Crippen molar-refractivity contribution in [2.24, 2.45) is 0 Å². The molecule has 2 rings (SSSR count). The summed E-state index contributed by atoms with van der Waals surface area (Å²) < 4.78 is 5.48. The first-order chi connectivity index (χ1) is 8.54. The lowest BCUT2D eigenvalue weighted by atomic mass is 10.2. The number of nitrogens with two attached hydrogens (primary N) is 1. The van der Waals surface area contributed by atoms with Crippen molar-refractivity contribution in [3.63, 3.8) is 0 Å². The van der Waals surface area contributed by atoms with Crippen molar-refractivity contribution in [2.45, 2.75) is 6.92 Å². The third-order valence-corrected chi connectivity index (χ3v) is 3.53. The molecule has 0 saturated heterocycles. The summed E-state index contributed by atoms with van der Waals surface area (Å²) >= 11 is 1.10. The van der Waals surface area contributed by atoms with Crippen LogP contribution in [0.25, 0.3) is 10.1 Å². The molecule has 2 N–H and O–H groups in total. The predicted octanol–water partition coefficient (Wildman–Crippen LogP) is 2.57. The molecule has 94 valence electrons. The number of non-ortho nitro benzene ring substituents is 1. The number of hydrogen-bond acceptors (Lipinski definition) is 6. The highest BCUT2D eigenvalue weighted by molar-refractivity contribution is 7.21. The number of benzene rings is 1. The first-order valence-electron chi connectivity index (χ1n) is 5.18. The summed E-state index contributed by atoms with van der Waals surface area (Å²) in [5.41, 5.74) is 6.12. The standard InChI is InChI=1S/C11H10N2O4S/c1-2-17-11(14)10-9(12)7-4-3-6(13(15)16)5-8(7)18-10/h3-5H,2,12H2,1H3. The minimum absolute atomic E-state index is 0.0286. The van der Waals surface area contributed by atoms with Gasteiger partial charge in [-0.25, -0.2) is 4.79 Å². The quantitative estimate of drug-likeness (QED) is 0.523. The minimum atomic E-state index is -0.501. The molecule has 0 aliphatic carbocycles. The maximum absolute atomic E-state index is 11.6. The van der Waals surface area contributed by atoms with E-state index in [4.69, 9.17) is 10.5 Å². The molecule has 1 aromatic heterocycles. The molecule has 0 radical (unpaired) electrons. The van der Waals surface area contributed by atoms with Crippen LogP contribution in [0.3, 0.4) is 0 Å². The number of carbonyl (C=O) groups excluding carboxylic acids is 1. The summed E-state index contributed by atoms with van der Waals surface area (Å²) in [7, 11) is 0. The van der Waals surface area contributed by atoms with Crippen molar-refractivity contribution in [3.05, 3.63) is 33.2 Å². The van der Waals surface area contributed by atoms with E-state index < -0.39 is 10.9 Å². The topological polar surface area (TPSA) is 95.5 Å². The van der Waals surface area contributed by atoms with Crippen LogP contribution in [-0.4, -0.2) is 17.5 Å². The van der Waals surface area contributed by atoms with E-state index in [0.29, 0.717) is 15.8 Å². The molecule has 2 aromatic rings. The molecule has 0 atom stereocenters. The van der Waals surface area contributed by atoms with Crippen molar-refractivity contribution in [3.8, 4) is 0 Å². The second-order valence-corrected chi connectivity index (χ2v) is 4.56. The molecule has 0 bridgehead atoms. The lowest BCUT2D eigenvalue weighted by Crippen LogP contribution is -2.04. The van der Waals surface area contributed by atoms with E-state index in [0.717, 1.165) is 11.3 Å². The van der Waals surface area contributed by atoms with Gasteiger partial charge < -0.3 is 10.5 Å². The SMILES string of the molecule is CCOC(=O)c1sc2cc([N+](=O)[O-])ccc2c1N. The third kappa shape index (κ3) is 2.00. The highest BCUT2D eigenvalue weighted by Gasteiger charge is 2.19. The minimum Gasteiger partial charge on any atom is -0.462 e. The van der Waals surface area contributed by atoms with E-state index >= 15 is 0 Å². The Labute approximate surface area is 106 Å². The van der Waals surface area contributed by atoms with Crippen LogP contribution in [0.4, 0.5) is 11.4 Å². The molecule has 1 heterocycles. The fraction of sp³-hybridized carbons (Fsp3) is 0.182. The monoisotopic (exact) mass is 266 g/mol. The normalized spacial score (nSPS) is 10.5. The Bertz CT molecular complexity index is 635. The summed E-state index contributed by atoms with van der Waals surface area (Å²) in [5, 5.41) is 11.3. The highest BCUT2D eigenvalue weighted by Crippen LogP contribution is 2.36. The van der Waals surface area contributed by atoms with Crippen LogP contribution in [0.1, 0.15) is 16.6 Å². The van der Waals surface area contributed by atoms with Gasteiger partial charge in [-0.2, -0.15) is 0 Å². The van der Waals surface area contributed by atoms with Crippen LogP contribution in [0.2, 0.25) is 0 Å². The van der Waals surface area contributed by atoms with Crippen LogP contribution in [0.5, 0.6) is 0 Å². The largest absolute Gasteiger partial charge is 0.462 e. The number of anilines is 1. The molecular weight excluding hydrogens is 256 g/mol. The molecular formula is C11H10N2O4S. The van der Waals surface area contributed by atoms with Gasteiger partial charge in [-0.15, -0.1) is 11.3 Å². The lowest BCUT2D eigenvalue weighted by molar-refractivity contribution is -0.384. The number of rotatable bonds is 3. The number of nitrogens with zero attached hydrogens (tertiary/aromatic N) is 1. The van der Waals surface area contributed by atoms with Gasteiger partial charge in [-0.1, -0.05) is 0 Å². The molecule has 6 nitrogen and oxygen atoms in total. The number of nitro benzene ring substituents is 1. The average Bonchev–Trinajstić information content (AvgIpc) is 2.66. The Kier molecular flexibility index (Phi) is 3.15. The van der Waals surface area contributed by atoms with E-state index in [2.05, 4.69) is 0 Å². The molecule has 18 heavy (non-hydrogen) atoms. The highest BCUT2D eigenvalue weighted by atomic mass is 32.1. The van der Waals surface area contributed by atoms with Crippen molar-refractivity contribution < 1.29 is 14.5 Å². The molecule has 1 aromatic carbocycles.